The molecule has 1 aromatic rings. The van der Waals surface area contributed by atoms with Crippen molar-refractivity contribution in [2.75, 3.05) is 31.1 Å². The monoisotopic (exact) mass is 239 g/mol. The first-order valence-electron chi connectivity index (χ1n) is 5.52. The van der Waals surface area contributed by atoms with Crippen LogP contribution in [0.2, 0.25) is 5.02 Å². The molecule has 0 aliphatic carbocycles. The van der Waals surface area contributed by atoms with Gasteiger partial charge in [0.15, 0.2) is 11.6 Å². The number of nitrogens with one attached hydrogen (secondary N) is 1. The quantitative estimate of drug-likeness (QED) is 0.739. The maximum absolute atomic E-state index is 6.05. The number of ether oxygens (including phenoxy) is 1. The van der Waals surface area contributed by atoms with Crippen molar-refractivity contribution in [1.82, 2.24) is 10.3 Å². The number of hydrogen-bond donors (Lipinski definition) is 1. The van der Waals surface area contributed by atoms with Crippen molar-refractivity contribution in [2.24, 2.45) is 0 Å². The van der Waals surface area contributed by atoms with Gasteiger partial charge in [0, 0.05) is 31.4 Å². The second kappa shape index (κ2) is 3.79. The average Bonchev–Trinajstić information content (AvgIpc) is 2.33. The maximum Gasteiger partial charge on any atom is 0.172 e. The Morgan fingerprint density at radius 2 is 2.50 bits per heavy atom. The van der Waals surface area contributed by atoms with Crippen molar-refractivity contribution in [2.45, 2.75) is 13.0 Å². The predicted molar refractivity (Wildman–Crippen MR) is 63.5 cm³/mol. The van der Waals surface area contributed by atoms with E-state index in [9.17, 15) is 0 Å². The van der Waals surface area contributed by atoms with E-state index >= 15 is 0 Å². The smallest absolute Gasteiger partial charge is 0.172 e. The van der Waals surface area contributed by atoms with Crippen molar-refractivity contribution in [3.05, 3.63) is 16.8 Å². The van der Waals surface area contributed by atoms with Crippen molar-refractivity contribution in [1.29, 1.82) is 0 Å². The Labute approximate surface area is 99.6 Å². The van der Waals surface area contributed by atoms with Crippen LogP contribution in [0.4, 0.5) is 5.82 Å². The third kappa shape index (κ3) is 1.44. The fourth-order valence-electron chi connectivity index (χ4n) is 2.30. The van der Waals surface area contributed by atoms with E-state index in [0.29, 0.717) is 17.7 Å². The molecule has 0 saturated carbocycles. The van der Waals surface area contributed by atoms with Gasteiger partial charge in [-0.3, -0.25) is 0 Å². The van der Waals surface area contributed by atoms with Crippen LogP contribution in [0.1, 0.15) is 5.56 Å². The van der Waals surface area contributed by atoms with Crippen molar-refractivity contribution in [3.63, 3.8) is 0 Å². The lowest BCUT2D eigenvalue weighted by Gasteiger charge is -2.41. The van der Waals surface area contributed by atoms with Crippen LogP contribution in [0.25, 0.3) is 0 Å². The third-order valence-corrected chi connectivity index (χ3v) is 3.63. The van der Waals surface area contributed by atoms with Crippen LogP contribution < -0.4 is 15.0 Å². The second-order valence-electron chi connectivity index (χ2n) is 4.25. The maximum atomic E-state index is 6.05. The summed E-state index contributed by atoms with van der Waals surface area (Å²) in [4.78, 5) is 6.72. The molecule has 86 valence electrons. The van der Waals surface area contributed by atoms with Gasteiger partial charge < -0.3 is 15.0 Å². The highest BCUT2D eigenvalue weighted by atomic mass is 35.5. The number of rotatable bonds is 0. The minimum Gasteiger partial charge on any atom is -0.487 e. The van der Waals surface area contributed by atoms with Crippen LogP contribution >= 0.6 is 11.6 Å². The molecule has 1 saturated heterocycles. The van der Waals surface area contributed by atoms with Crippen molar-refractivity contribution in [3.8, 4) is 5.75 Å². The van der Waals surface area contributed by atoms with Gasteiger partial charge in [-0.05, 0) is 6.92 Å². The average molecular weight is 240 g/mol. The lowest BCUT2D eigenvalue weighted by atomic mass is 10.1. The van der Waals surface area contributed by atoms with Crippen LogP contribution in [-0.2, 0) is 0 Å². The molecular weight excluding hydrogens is 226 g/mol. The first-order valence-corrected chi connectivity index (χ1v) is 5.90. The van der Waals surface area contributed by atoms with Gasteiger partial charge in [-0.1, -0.05) is 11.6 Å². The summed E-state index contributed by atoms with van der Waals surface area (Å²) >= 11 is 6.05. The third-order valence-electron chi connectivity index (χ3n) is 3.24. The van der Waals surface area contributed by atoms with E-state index in [1.165, 1.54) is 0 Å². The van der Waals surface area contributed by atoms with Crippen LogP contribution in [0.15, 0.2) is 6.20 Å². The molecule has 0 aromatic carbocycles. The lowest BCUT2D eigenvalue weighted by molar-refractivity contribution is 0.243. The van der Waals surface area contributed by atoms with Gasteiger partial charge in [-0.2, -0.15) is 0 Å². The molecule has 0 radical (unpaired) electrons. The number of hydrogen-bond acceptors (Lipinski definition) is 4. The van der Waals surface area contributed by atoms with E-state index < -0.39 is 0 Å². The Bertz CT molecular complexity index is 424. The fourth-order valence-corrected chi connectivity index (χ4v) is 2.43. The molecular formula is C11H14ClN3O. The lowest BCUT2D eigenvalue weighted by Crippen LogP contribution is -2.56. The first-order chi connectivity index (χ1) is 7.77. The summed E-state index contributed by atoms with van der Waals surface area (Å²) in [5.41, 5.74) is 0.989. The zero-order chi connectivity index (χ0) is 11.1. The summed E-state index contributed by atoms with van der Waals surface area (Å²) in [6, 6.07) is 0.398. The number of nitrogens with zero attached hydrogens (tertiary/aromatic N) is 2. The molecule has 5 heteroatoms. The minimum atomic E-state index is 0.398. The Morgan fingerprint density at radius 1 is 1.62 bits per heavy atom. The topological polar surface area (TPSA) is 37.4 Å². The predicted octanol–water partition coefficient (Wildman–Crippen LogP) is 1.21. The van der Waals surface area contributed by atoms with Gasteiger partial charge in [0.25, 0.3) is 0 Å². The van der Waals surface area contributed by atoms with E-state index in [2.05, 4.69) is 15.2 Å². The molecule has 2 aliphatic rings. The molecule has 1 unspecified atom stereocenters. The number of pyridine rings is 1. The van der Waals surface area contributed by atoms with Gasteiger partial charge in [-0.15, -0.1) is 0 Å². The Balaban J connectivity index is 2.05. The minimum absolute atomic E-state index is 0.398. The summed E-state index contributed by atoms with van der Waals surface area (Å²) in [5.74, 6) is 1.80. The highest BCUT2D eigenvalue weighted by molar-refractivity contribution is 6.31. The first kappa shape index (κ1) is 10.2. The van der Waals surface area contributed by atoms with Gasteiger partial charge in [0.1, 0.15) is 6.61 Å². The van der Waals surface area contributed by atoms with Gasteiger partial charge >= 0.3 is 0 Å². The molecule has 1 aromatic heterocycles. The molecule has 3 heterocycles. The Morgan fingerprint density at radius 3 is 3.38 bits per heavy atom. The standard InChI is InChI=1S/C11H14ClN3O/c1-7-9(12)5-14-11-10(7)16-6-8-4-13-2-3-15(8)11/h5,8,13H,2-4,6H2,1H3. The Kier molecular flexibility index (Phi) is 2.41. The van der Waals surface area contributed by atoms with Gasteiger partial charge in [-0.25, -0.2) is 4.98 Å². The molecule has 3 rings (SSSR count). The number of aromatic nitrogens is 1. The van der Waals surface area contributed by atoms with Crippen LogP contribution in [0.3, 0.4) is 0 Å². The van der Waals surface area contributed by atoms with Crippen LogP contribution in [0.5, 0.6) is 5.75 Å². The highest BCUT2D eigenvalue weighted by Crippen LogP contribution is 2.37. The van der Waals surface area contributed by atoms with Crippen molar-refractivity contribution < 1.29 is 4.74 Å². The largest absolute Gasteiger partial charge is 0.487 e. The normalized spacial score (nSPS) is 23.4. The summed E-state index contributed by atoms with van der Waals surface area (Å²) in [7, 11) is 0. The molecule has 4 nitrogen and oxygen atoms in total. The fraction of sp³-hybridized carbons (Fsp3) is 0.545. The highest BCUT2D eigenvalue weighted by Gasteiger charge is 2.31. The molecule has 2 aliphatic heterocycles. The van der Waals surface area contributed by atoms with E-state index in [1.54, 1.807) is 6.20 Å². The molecule has 0 bridgehead atoms. The second-order valence-corrected chi connectivity index (χ2v) is 4.65. The molecule has 1 fully saturated rings. The van der Waals surface area contributed by atoms with Crippen LogP contribution in [-0.4, -0.2) is 37.3 Å². The Hall–Kier alpha value is -1.00. The van der Waals surface area contributed by atoms with E-state index in [-0.39, 0.29) is 0 Å². The number of piperazine rings is 1. The summed E-state index contributed by atoms with van der Waals surface area (Å²) in [5, 5.41) is 4.04. The SMILES string of the molecule is Cc1c(Cl)cnc2c1OCC1CNCCN21. The van der Waals surface area contributed by atoms with Gasteiger partial charge in [0.05, 0.1) is 11.1 Å². The van der Waals surface area contributed by atoms with E-state index in [1.807, 2.05) is 6.92 Å². The van der Waals surface area contributed by atoms with E-state index in [0.717, 1.165) is 36.8 Å². The summed E-state index contributed by atoms with van der Waals surface area (Å²) in [6.07, 6.45) is 1.71. The number of halogens is 1. The zero-order valence-corrected chi connectivity index (χ0v) is 9.92. The van der Waals surface area contributed by atoms with Gasteiger partial charge in [0.2, 0.25) is 0 Å². The molecule has 1 N–H and O–H groups in total. The zero-order valence-electron chi connectivity index (χ0n) is 9.16. The van der Waals surface area contributed by atoms with Crippen molar-refractivity contribution >= 4 is 17.4 Å². The molecule has 16 heavy (non-hydrogen) atoms. The summed E-state index contributed by atoms with van der Waals surface area (Å²) < 4.78 is 5.78. The molecule has 0 amide bonds. The number of fused-ring (bicyclic) bond motifs is 3. The van der Waals surface area contributed by atoms with Crippen LogP contribution in [0, 0.1) is 6.92 Å². The molecule has 0 spiro atoms. The van der Waals surface area contributed by atoms with E-state index in [4.69, 9.17) is 16.3 Å². The summed E-state index contributed by atoms with van der Waals surface area (Å²) in [6.45, 7) is 5.63. The molecule has 1 atom stereocenters. The number of anilines is 1.